The Balaban J connectivity index is 1.89. The molecule has 1 saturated carbocycles. The van der Waals surface area contributed by atoms with Crippen LogP contribution in [0.25, 0.3) is 0 Å². The second-order valence-corrected chi connectivity index (χ2v) is 5.75. The predicted octanol–water partition coefficient (Wildman–Crippen LogP) is 2.65. The first-order valence-corrected chi connectivity index (χ1v) is 6.89. The average Bonchev–Trinajstić information content (AvgIpc) is 2.68. The first kappa shape index (κ1) is 12.6. The highest BCUT2D eigenvalue weighted by Gasteiger charge is 2.31. The number of aryl methyl sites for hydroxylation is 1. The van der Waals surface area contributed by atoms with Gasteiger partial charge in [-0.25, -0.2) is 0 Å². The van der Waals surface area contributed by atoms with E-state index in [2.05, 4.69) is 18.1 Å². The molecule has 0 atom stereocenters. The summed E-state index contributed by atoms with van der Waals surface area (Å²) in [7, 11) is 1.96. The zero-order valence-electron chi connectivity index (χ0n) is 11.2. The fourth-order valence-electron chi connectivity index (χ4n) is 3.04. The Morgan fingerprint density at radius 3 is 2.71 bits per heavy atom. The van der Waals surface area contributed by atoms with E-state index in [1.165, 1.54) is 25.7 Å². The normalized spacial score (nSPS) is 29.5. The lowest BCUT2D eigenvalue weighted by molar-refractivity contribution is 0.222. The Bertz CT molecular complexity index is 348. The highest BCUT2D eigenvalue weighted by Crippen LogP contribution is 2.34. The van der Waals surface area contributed by atoms with Gasteiger partial charge in [-0.3, -0.25) is 4.68 Å². The lowest BCUT2D eigenvalue weighted by atomic mass is 9.74. The molecule has 3 heteroatoms. The minimum Gasteiger partial charge on any atom is -0.325 e. The van der Waals surface area contributed by atoms with Crippen LogP contribution in [0.2, 0.25) is 0 Å². The fourth-order valence-corrected chi connectivity index (χ4v) is 3.04. The summed E-state index contributed by atoms with van der Waals surface area (Å²) in [5, 5.41) is 4.44. The molecule has 0 aliphatic heterocycles. The summed E-state index contributed by atoms with van der Waals surface area (Å²) < 4.78 is 1.86. The number of hydrogen-bond donors (Lipinski definition) is 1. The second-order valence-electron chi connectivity index (χ2n) is 5.75. The predicted molar refractivity (Wildman–Crippen MR) is 70.7 cm³/mol. The van der Waals surface area contributed by atoms with Crippen molar-refractivity contribution < 1.29 is 0 Å². The molecular formula is C14H25N3. The van der Waals surface area contributed by atoms with Crippen LogP contribution in [-0.2, 0) is 13.5 Å². The van der Waals surface area contributed by atoms with E-state index in [0.29, 0.717) is 0 Å². The molecule has 0 radical (unpaired) electrons. The smallest absolute Gasteiger partial charge is 0.0642 e. The molecule has 0 aromatic carbocycles. The largest absolute Gasteiger partial charge is 0.325 e. The molecule has 1 fully saturated rings. The third-order valence-corrected chi connectivity index (χ3v) is 4.10. The minimum absolute atomic E-state index is 0.00139. The minimum atomic E-state index is -0.00139. The molecule has 0 amide bonds. The van der Waals surface area contributed by atoms with Crippen molar-refractivity contribution in [3.63, 3.8) is 0 Å². The van der Waals surface area contributed by atoms with Crippen molar-refractivity contribution in [3.05, 3.63) is 18.0 Å². The molecule has 2 rings (SSSR count). The third kappa shape index (κ3) is 3.32. The van der Waals surface area contributed by atoms with Crippen LogP contribution < -0.4 is 5.73 Å². The maximum Gasteiger partial charge on any atom is 0.0642 e. The Morgan fingerprint density at radius 1 is 1.47 bits per heavy atom. The third-order valence-electron chi connectivity index (χ3n) is 4.10. The van der Waals surface area contributed by atoms with Crippen molar-refractivity contribution in [1.29, 1.82) is 0 Å². The first-order chi connectivity index (χ1) is 8.11. The van der Waals surface area contributed by atoms with Gasteiger partial charge in [-0.1, -0.05) is 19.8 Å². The van der Waals surface area contributed by atoms with Crippen LogP contribution in [0.1, 0.15) is 51.1 Å². The SMILES string of the molecule is CCCC1CCC(N)(Cc2ccn(C)n2)CC1. The Kier molecular flexibility index (Phi) is 3.87. The van der Waals surface area contributed by atoms with Gasteiger partial charge in [0.2, 0.25) is 0 Å². The molecule has 17 heavy (non-hydrogen) atoms. The van der Waals surface area contributed by atoms with Crippen LogP contribution in [-0.4, -0.2) is 15.3 Å². The van der Waals surface area contributed by atoms with Crippen molar-refractivity contribution in [1.82, 2.24) is 9.78 Å². The summed E-state index contributed by atoms with van der Waals surface area (Å²) in [4.78, 5) is 0. The fraction of sp³-hybridized carbons (Fsp3) is 0.786. The Hall–Kier alpha value is -0.830. The van der Waals surface area contributed by atoms with Gasteiger partial charge in [0.05, 0.1) is 5.69 Å². The summed E-state index contributed by atoms with van der Waals surface area (Å²) in [6, 6.07) is 2.09. The van der Waals surface area contributed by atoms with Crippen LogP contribution in [0, 0.1) is 5.92 Å². The van der Waals surface area contributed by atoms with Gasteiger partial charge in [0.15, 0.2) is 0 Å². The van der Waals surface area contributed by atoms with Gasteiger partial charge < -0.3 is 5.73 Å². The lowest BCUT2D eigenvalue weighted by Gasteiger charge is -2.36. The maximum absolute atomic E-state index is 6.51. The lowest BCUT2D eigenvalue weighted by Crippen LogP contribution is -2.45. The topological polar surface area (TPSA) is 43.8 Å². The standard InChI is InChI=1S/C14H25N3/c1-3-4-12-5-8-14(15,9-6-12)11-13-7-10-17(2)16-13/h7,10,12H,3-6,8-9,11,15H2,1-2H3. The van der Waals surface area contributed by atoms with Gasteiger partial charge in [-0.15, -0.1) is 0 Å². The summed E-state index contributed by atoms with van der Waals surface area (Å²) in [5.74, 6) is 0.917. The van der Waals surface area contributed by atoms with Crippen LogP contribution in [0.15, 0.2) is 12.3 Å². The van der Waals surface area contributed by atoms with Crippen LogP contribution in [0.3, 0.4) is 0 Å². The number of nitrogens with zero attached hydrogens (tertiary/aromatic N) is 2. The van der Waals surface area contributed by atoms with Gasteiger partial charge in [0.25, 0.3) is 0 Å². The zero-order chi connectivity index (χ0) is 12.3. The number of aromatic nitrogens is 2. The Labute approximate surface area is 104 Å². The molecule has 0 saturated heterocycles. The van der Waals surface area contributed by atoms with Gasteiger partial charge in [-0.05, 0) is 37.7 Å². The number of nitrogens with two attached hydrogens (primary N) is 1. The number of hydrogen-bond acceptors (Lipinski definition) is 2. The second kappa shape index (κ2) is 5.21. The molecule has 0 bridgehead atoms. The van der Waals surface area contributed by atoms with Crippen molar-refractivity contribution in [2.45, 2.75) is 57.4 Å². The number of rotatable bonds is 4. The summed E-state index contributed by atoms with van der Waals surface area (Å²) in [6.07, 6.45) is 10.5. The molecular weight excluding hydrogens is 210 g/mol. The van der Waals surface area contributed by atoms with Crippen LogP contribution >= 0.6 is 0 Å². The zero-order valence-corrected chi connectivity index (χ0v) is 11.2. The van der Waals surface area contributed by atoms with Gasteiger partial charge >= 0.3 is 0 Å². The van der Waals surface area contributed by atoms with Crippen molar-refractivity contribution >= 4 is 0 Å². The van der Waals surface area contributed by atoms with E-state index in [1.54, 1.807) is 0 Å². The molecule has 2 N–H and O–H groups in total. The highest BCUT2D eigenvalue weighted by molar-refractivity contribution is 5.06. The van der Waals surface area contributed by atoms with E-state index in [4.69, 9.17) is 5.73 Å². The quantitative estimate of drug-likeness (QED) is 0.872. The first-order valence-electron chi connectivity index (χ1n) is 6.89. The summed E-state index contributed by atoms with van der Waals surface area (Å²) in [6.45, 7) is 2.28. The van der Waals surface area contributed by atoms with Gasteiger partial charge in [-0.2, -0.15) is 5.10 Å². The highest BCUT2D eigenvalue weighted by atomic mass is 15.2. The summed E-state index contributed by atoms with van der Waals surface area (Å²) >= 11 is 0. The maximum atomic E-state index is 6.51. The van der Waals surface area contributed by atoms with E-state index in [-0.39, 0.29) is 5.54 Å². The van der Waals surface area contributed by atoms with Crippen molar-refractivity contribution in [3.8, 4) is 0 Å². The van der Waals surface area contributed by atoms with Crippen molar-refractivity contribution in [2.75, 3.05) is 0 Å². The van der Waals surface area contributed by atoms with Gasteiger partial charge in [0.1, 0.15) is 0 Å². The van der Waals surface area contributed by atoms with Crippen LogP contribution in [0.5, 0.6) is 0 Å². The van der Waals surface area contributed by atoms with Crippen LogP contribution in [0.4, 0.5) is 0 Å². The van der Waals surface area contributed by atoms with E-state index in [9.17, 15) is 0 Å². The van der Waals surface area contributed by atoms with E-state index in [1.807, 2.05) is 17.9 Å². The molecule has 1 aromatic rings. The summed E-state index contributed by atoms with van der Waals surface area (Å²) in [5.41, 5.74) is 7.65. The molecule has 3 nitrogen and oxygen atoms in total. The van der Waals surface area contributed by atoms with Crippen molar-refractivity contribution in [2.24, 2.45) is 18.7 Å². The molecule has 96 valence electrons. The van der Waals surface area contributed by atoms with E-state index < -0.39 is 0 Å². The molecule has 1 heterocycles. The monoisotopic (exact) mass is 235 g/mol. The Morgan fingerprint density at radius 2 is 2.18 bits per heavy atom. The molecule has 1 aliphatic carbocycles. The van der Waals surface area contributed by atoms with Gasteiger partial charge in [0, 0.05) is 25.2 Å². The molecule has 0 unspecified atom stereocenters. The van der Waals surface area contributed by atoms with E-state index in [0.717, 1.165) is 30.9 Å². The molecule has 0 spiro atoms. The molecule has 1 aromatic heterocycles. The van der Waals surface area contributed by atoms with E-state index >= 15 is 0 Å². The molecule has 1 aliphatic rings. The average molecular weight is 235 g/mol.